The summed E-state index contributed by atoms with van der Waals surface area (Å²) >= 11 is 0. The Hall–Kier alpha value is -1.49. The monoisotopic (exact) mass is 334 g/mol. The molecule has 0 atom stereocenters. The van der Waals surface area contributed by atoms with Gasteiger partial charge in [0.2, 0.25) is 0 Å². The molecule has 0 radical (unpaired) electrons. The Morgan fingerprint density at radius 1 is 1.22 bits per heavy atom. The van der Waals surface area contributed by atoms with E-state index < -0.39 is 9.84 Å². The van der Waals surface area contributed by atoms with Crippen LogP contribution in [0.5, 0.6) is 0 Å². The fourth-order valence-corrected chi connectivity index (χ4v) is 4.67. The quantitative estimate of drug-likeness (QED) is 0.808. The SMILES string of the molecule is N#Cc1cnccc1CN1CCC(N2CCS(=O)(=O)CC2)CC1. The molecule has 0 N–H and O–H groups in total. The van der Waals surface area contributed by atoms with E-state index in [-0.39, 0.29) is 0 Å². The molecule has 2 fully saturated rings. The number of likely N-dealkylation sites (tertiary alicyclic amines) is 1. The Bertz CT molecular complexity index is 676. The highest BCUT2D eigenvalue weighted by molar-refractivity contribution is 7.91. The number of rotatable bonds is 3. The van der Waals surface area contributed by atoms with E-state index in [0.717, 1.165) is 38.0 Å². The van der Waals surface area contributed by atoms with Gasteiger partial charge in [0.1, 0.15) is 6.07 Å². The third-order valence-corrected chi connectivity index (χ3v) is 6.49. The Morgan fingerprint density at radius 3 is 2.57 bits per heavy atom. The standard InChI is InChI=1S/C16H22N4O2S/c17-11-15-12-18-4-1-14(15)13-19-5-2-16(3-6-19)20-7-9-23(21,22)10-8-20/h1,4,12,16H,2-3,5-10,13H2. The van der Waals surface area contributed by atoms with E-state index in [1.807, 2.05) is 6.07 Å². The third kappa shape index (κ3) is 4.08. The molecular weight excluding hydrogens is 312 g/mol. The van der Waals surface area contributed by atoms with Gasteiger partial charge in [-0.05, 0) is 37.6 Å². The van der Waals surface area contributed by atoms with Crippen molar-refractivity contribution in [1.29, 1.82) is 5.26 Å². The number of nitriles is 1. The normalized spacial score (nSPS) is 23.4. The van der Waals surface area contributed by atoms with Crippen LogP contribution in [0.25, 0.3) is 0 Å². The highest BCUT2D eigenvalue weighted by Crippen LogP contribution is 2.21. The lowest BCUT2D eigenvalue weighted by atomic mass is 10.0. The Morgan fingerprint density at radius 2 is 1.91 bits per heavy atom. The molecule has 0 saturated carbocycles. The van der Waals surface area contributed by atoms with Gasteiger partial charge in [-0.15, -0.1) is 0 Å². The Balaban J connectivity index is 1.52. The number of piperidine rings is 1. The fourth-order valence-electron chi connectivity index (χ4n) is 3.44. The summed E-state index contributed by atoms with van der Waals surface area (Å²) in [4.78, 5) is 8.70. The molecule has 2 aliphatic heterocycles. The summed E-state index contributed by atoms with van der Waals surface area (Å²) in [5.74, 6) is 0.603. The van der Waals surface area contributed by atoms with Crippen LogP contribution in [0.2, 0.25) is 0 Å². The molecule has 0 aromatic carbocycles. The van der Waals surface area contributed by atoms with Gasteiger partial charge in [0.15, 0.2) is 9.84 Å². The van der Waals surface area contributed by atoms with E-state index in [9.17, 15) is 8.42 Å². The molecule has 0 unspecified atom stereocenters. The smallest absolute Gasteiger partial charge is 0.152 e. The molecule has 2 aliphatic rings. The van der Waals surface area contributed by atoms with E-state index in [1.54, 1.807) is 12.4 Å². The van der Waals surface area contributed by atoms with Gasteiger partial charge in [-0.2, -0.15) is 5.26 Å². The number of nitrogens with zero attached hydrogens (tertiary/aromatic N) is 4. The van der Waals surface area contributed by atoms with Crippen LogP contribution >= 0.6 is 0 Å². The maximum absolute atomic E-state index is 11.5. The Kier molecular flexibility index (Phi) is 4.95. The molecule has 7 heteroatoms. The van der Waals surface area contributed by atoms with Crippen molar-refractivity contribution in [3.05, 3.63) is 29.6 Å². The molecule has 2 saturated heterocycles. The first-order chi connectivity index (χ1) is 11.1. The van der Waals surface area contributed by atoms with Crippen molar-refractivity contribution >= 4 is 9.84 Å². The van der Waals surface area contributed by atoms with Crippen molar-refractivity contribution in [3.63, 3.8) is 0 Å². The number of hydrogen-bond acceptors (Lipinski definition) is 6. The molecule has 1 aromatic rings. The first-order valence-corrected chi connectivity index (χ1v) is 9.89. The topological polar surface area (TPSA) is 77.3 Å². The Labute approximate surface area is 137 Å². The molecule has 124 valence electrons. The number of pyridine rings is 1. The van der Waals surface area contributed by atoms with E-state index in [4.69, 9.17) is 5.26 Å². The van der Waals surface area contributed by atoms with Crippen LogP contribution in [0.1, 0.15) is 24.0 Å². The molecule has 0 bridgehead atoms. The molecule has 3 rings (SSSR count). The van der Waals surface area contributed by atoms with Crippen molar-refractivity contribution < 1.29 is 8.42 Å². The molecule has 0 amide bonds. The predicted molar refractivity (Wildman–Crippen MR) is 87.5 cm³/mol. The van der Waals surface area contributed by atoms with Crippen molar-refractivity contribution in [1.82, 2.24) is 14.8 Å². The molecule has 23 heavy (non-hydrogen) atoms. The third-order valence-electron chi connectivity index (χ3n) is 4.88. The summed E-state index contributed by atoms with van der Waals surface area (Å²) in [6.07, 6.45) is 5.48. The second-order valence-electron chi connectivity index (χ2n) is 6.34. The summed E-state index contributed by atoms with van der Waals surface area (Å²) < 4.78 is 23.1. The summed E-state index contributed by atoms with van der Waals surface area (Å²) in [5, 5.41) is 9.14. The lowest BCUT2D eigenvalue weighted by Gasteiger charge is -2.40. The van der Waals surface area contributed by atoms with Crippen LogP contribution in [-0.4, -0.2) is 66.9 Å². The molecule has 1 aromatic heterocycles. The van der Waals surface area contributed by atoms with Gasteiger partial charge in [0, 0.05) is 38.1 Å². The van der Waals surface area contributed by atoms with Gasteiger partial charge in [-0.1, -0.05) is 0 Å². The maximum Gasteiger partial charge on any atom is 0.152 e. The second kappa shape index (κ2) is 6.95. The van der Waals surface area contributed by atoms with Crippen molar-refractivity contribution in [2.24, 2.45) is 0 Å². The van der Waals surface area contributed by atoms with E-state index in [2.05, 4.69) is 20.9 Å². The number of hydrogen-bond donors (Lipinski definition) is 0. The highest BCUT2D eigenvalue weighted by Gasteiger charge is 2.29. The average Bonchev–Trinajstić information content (AvgIpc) is 2.56. The van der Waals surface area contributed by atoms with Crippen LogP contribution in [0.3, 0.4) is 0 Å². The van der Waals surface area contributed by atoms with Gasteiger partial charge in [-0.25, -0.2) is 8.42 Å². The number of sulfone groups is 1. The van der Waals surface area contributed by atoms with Crippen LogP contribution in [-0.2, 0) is 16.4 Å². The summed E-state index contributed by atoms with van der Waals surface area (Å²) in [6, 6.07) is 4.61. The molecule has 6 nitrogen and oxygen atoms in total. The summed E-state index contributed by atoms with van der Waals surface area (Å²) in [5.41, 5.74) is 1.68. The summed E-state index contributed by atoms with van der Waals surface area (Å²) in [7, 11) is -2.80. The first kappa shape index (κ1) is 16.4. The minimum Gasteiger partial charge on any atom is -0.299 e. The van der Waals surface area contributed by atoms with Gasteiger partial charge in [0.05, 0.1) is 17.1 Å². The molecule has 3 heterocycles. The second-order valence-corrected chi connectivity index (χ2v) is 8.64. The van der Waals surface area contributed by atoms with Crippen LogP contribution in [0.15, 0.2) is 18.5 Å². The molecule has 0 spiro atoms. The van der Waals surface area contributed by atoms with Gasteiger partial charge < -0.3 is 0 Å². The zero-order valence-corrected chi connectivity index (χ0v) is 14.0. The molecule has 0 aliphatic carbocycles. The lowest BCUT2D eigenvalue weighted by Crippen LogP contribution is -2.50. The van der Waals surface area contributed by atoms with Crippen molar-refractivity contribution in [2.45, 2.75) is 25.4 Å². The van der Waals surface area contributed by atoms with Crippen molar-refractivity contribution in [3.8, 4) is 6.07 Å². The van der Waals surface area contributed by atoms with E-state index in [0.29, 0.717) is 36.2 Å². The van der Waals surface area contributed by atoms with Crippen LogP contribution in [0, 0.1) is 11.3 Å². The minimum absolute atomic E-state index is 0.301. The first-order valence-electron chi connectivity index (χ1n) is 8.07. The van der Waals surface area contributed by atoms with Crippen LogP contribution in [0.4, 0.5) is 0 Å². The number of aromatic nitrogens is 1. The zero-order valence-electron chi connectivity index (χ0n) is 13.2. The minimum atomic E-state index is -2.80. The average molecular weight is 334 g/mol. The maximum atomic E-state index is 11.5. The van der Waals surface area contributed by atoms with E-state index >= 15 is 0 Å². The fraction of sp³-hybridized carbons (Fsp3) is 0.625. The van der Waals surface area contributed by atoms with Gasteiger partial charge in [-0.3, -0.25) is 14.8 Å². The van der Waals surface area contributed by atoms with Gasteiger partial charge >= 0.3 is 0 Å². The van der Waals surface area contributed by atoms with Crippen molar-refractivity contribution in [2.75, 3.05) is 37.7 Å². The van der Waals surface area contributed by atoms with Gasteiger partial charge in [0.25, 0.3) is 0 Å². The van der Waals surface area contributed by atoms with E-state index in [1.165, 1.54) is 0 Å². The largest absolute Gasteiger partial charge is 0.299 e. The predicted octanol–water partition coefficient (Wildman–Crippen LogP) is 0.648. The highest BCUT2D eigenvalue weighted by atomic mass is 32.2. The lowest BCUT2D eigenvalue weighted by molar-refractivity contribution is 0.111. The summed E-state index contributed by atoms with van der Waals surface area (Å²) in [6.45, 7) is 4.11. The van der Waals surface area contributed by atoms with Crippen LogP contribution < -0.4 is 0 Å². The molecular formula is C16H22N4O2S. The zero-order chi connectivity index (χ0) is 16.3.